The van der Waals surface area contributed by atoms with Crippen LogP contribution in [0.15, 0.2) is 47.2 Å². The maximum atomic E-state index is 13.7. The third-order valence-electron chi connectivity index (χ3n) is 8.03. The number of carbonyl (C=O) groups excluding carboxylic acids is 3. The molecule has 2 aromatic rings. The largest absolute Gasteiger partial charge is 0.508 e. The highest BCUT2D eigenvalue weighted by atomic mass is 16.5. The Morgan fingerprint density at radius 2 is 1.85 bits per heavy atom. The number of aromatic hydroxyl groups is 1. The molecule has 10 heteroatoms. The number of benzene rings is 2. The zero-order chi connectivity index (χ0) is 28.4. The van der Waals surface area contributed by atoms with Gasteiger partial charge in [0.2, 0.25) is 5.78 Å². The molecule has 3 atom stereocenters. The molecule has 1 amide bonds. The molecule has 2 aromatic carbocycles. The van der Waals surface area contributed by atoms with Gasteiger partial charge in [-0.1, -0.05) is 12.1 Å². The molecule has 1 fully saturated rings. The SMILES string of the molecule is COc1ccc(-c2ccc(O)c3c2C[C@H]2C[C@H]4CC(=O)C(C(N)=O)=C(O)[C@@]4(O)C(=O)C2=C3O)cc1CN(C)C. The van der Waals surface area contributed by atoms with Crippen LogP contribution in [0.4, 0.5) is 0 Å². The Balaban J connectivity index is 1.67. The van der Waals surface area contributed by atoms with Crippen molar-refractivity contribution in [2.75, 3.05) is 21.2 Å². The van der Waals surface area contributed by atoms with Gasteiger partial charge in [-0.2, -0.15) is 0 Å². The summed E-state index contributed by atoms with van der Waals surface area (Å²) < 4.78 is 5.51. The minimum Gasteiger partial charge on any atom is -0.508 e. The van der Waals surface area contributed by atoms with Crippen molar-refractivity contribution in [2.45, 2.75) is 31.4 Å². The first-order chi connectivity index (χ1) is 18.4. The van der Waals surface area contributed by atoms with E-state index in [1.165, 1.54) is 6.07 Å². The smallest absolute Gasteiger partial charge is 0.255 e. The average molecular weight is 535 g/mol. The summed E-state index contributed by atoms with van der Waals surface area (Å²) in [6.07, 6.45) is -0.0546. The Kier molecular flexibility index (Phi) is 6.27. The molecule has 0 bridgehead atoms. The number of methoxy groups -OCH3 is 1. The second-order valence-electron chi connectivity index (χ2n) is 10.7. The lowest BCUT2D eigenvalue weighted by atomic mass is 9.59. The summed E-state index contributed by atoms with van der Waals surface area (Å²) in [5, 5.41) is 44.2. The lowest BCUT2D eigenvalue weighted by Crippen LogP contribution is -2.58. The van der Waals surface area contributed by atoms with Gasteiger partial charge in [-0.25, -0.2) is 0 Å². The molecule has 3 aliphatic rings. The number of Topliss-reactive ketones (excluding diaryl/α,β-unsaturated/α-hetero) is 2. The highest BCUT2D eigenvalue weighted by Crippen LogP contribution is 2.53. The first-order valence-electron chi connectivity index (χ1n) is 12.5. The number of hydrogen-bond donors (Lipinski definition) is 5. The number of nitrogens with two attached hydrogens (primary N) is 1. The van der Waals surface area contributed by atoms with Crippen molar-refractivity contribution < 1.29 is 39.5 Å². The van der Waals surface area contributed by atoms with Crippen LogP contribution in [0.2, 0.25) is 0 Å². The summed E-state index contributed by atoms with van der Waals surface area (Å²) in [7, 11) is 5.47. The number of nitrogens with zero attached hydrogens (tertiary/aromatic N) is 1. The molecule has 0 spiro atoms. The van der Waals surface area contributed by atoms with E-state index in [1.54, 1.807) is 13.2 Å². The first kappa shape index (κ1) is 26.5. The lowest BCUT2D eigenvalue weighted by molar-refractivity contribution is -0.147. The molecule has 0 saturated heterocycles. The van der Waals surface area contributed by atoms with Crippen LogP contribution in [0.1, 0.15) is 29.5 Å². The molecule has 3 aliphatic carbocycles. The number of ether oxygens (including phenoxy) is 1. The third-order valence-corrected chi connectivity index (χ3v) is 8.03. The van der Waals surface area contributed by atoms with Gasteiger partial charge in [0.1, 0.15) is 28.6 Å². The Bertz CT molecular complexity index is 1500. The minimum atomic E-state index is -2.58. The predicted molar refractivity (Wildman–Crippen MR) is 141 cm³/mol. The highest BCUT2D eigenvalue weighted by Gasteiger charge is 2.60. The normalized spacial score (nSPS) is 24.4. The summed E-state index contributed by atoms with van der Waals surface area (Å²) in [5.74, 6) is -5.77. The van der Waals surface area contributed by atoms with Crippen LogP contribution in [0.25, 0.3) is 16.9 Å². The van der Waals surface area contributed by atoms with Crippen LogP contribution in [0.3, 0.4) is 0 Å². The van der Waals surface area contributed by atoms with Crippen molar-refractivity contribution in [3.05, 3.63) is 63.9 Å². The predicted octanol–water partition coefficient (Wildman–Crippen LogP) is 2.16. The molecule has 0 unspecified atom stereocenters. The zero-order valence-electron chi connectivity index (χ0n) is 21.8. The molecule has 0 heterocycles. The molecule has 0 radical (unpaired) electrons. The Labute approximate surface area is 224 Å². The summed E-state index contributed by atoms with van der Waals surface area (Å²) in [5.41, 5.74) is 4.84. The maximum absolute atomic E-state index is 13.7. The number of aliphatic hydroxyl groups excluding tert-OH is 2. The van der Waals surface area contributed by atoms with E-state index in [0.29, 0.717) is 17.9 Å². The Morgan fingerprint density at radius 1 is 1.13 bits per heavy atom. The maximum Gasteiger partial charge on any atom is 0.255 e. The van der Waals surface area contributed by atoms with Crippen molar-refractivity contribution in [3.8, 4) is 22.6 Å². The topological polar surface area (TPSA) is 171 Å². The molecule has 0 aliphatic heterocycles. The van der Waals surface area contributed by atoms with E-state index in [9.17, 15) is 34.8 Å². The Morgan fingerprint density at radius 3 is 2.49 bits per heavy atom. The molecule has 5 rings (SSSR count). The molecule has 6 N–H and O–H groups in total. The first-order valence-corrected chi connectivity index (χ1v) is 12.5. The van der Waals surface area contributed by atoms with Gasteiger partial charge in [0.15, 0.2) is 11.4 Å². The van der Waals surface area contributed by atoms with E-state index < -0.39 is 52.0 Å². The van der Waals surface area contributed by atoms with Gasteiger partial charge in [0.05, 0.1) is 12.7 Å². The van der Waals surface area contributed by atoms with Gasteiger partial charge in [-0.3, -0.25) is 14.4 Å². The summed E-state index contributed by atoms with van der Waals surface area (Å²) in [6, 6.07) is 8.86. The van der Waals surface area contributed by atoms with E-state index in [-0.39, 0.29) is 36.1 Å². The fourth-order valence-corrected chi connectivity index (χ4v) is 6.30. The van der Waals surface area contributed by atoms with Gasteiger partial charge < -0.3 is 35.8 Å². The number of fused-ring (bicyclic) bond motifs is 3. The second kappa shape index (κ2) is 9.25. The van der Waals surface area contributed by atoms with Crippen molar-refractivity contribution in [1.29, 1.82) is 0 Å². The average Bonchev–Trinajstić information content (AvgIpc) is 2.85. The van der Waals surface area contributed by atoms with Gasteiger partial charge >= 0.3 is 0 Å². The summed E-state index contributed by atoms with van der Waals surface area (Å²) in [6.45, 7) is 0.613. The number of phenolic OH excluding ortho intramolecular Hbond substituents is 1. The molecule has 204 valence electrons. The number of rotatable bonds is 5. The van der Waals surface area contributed by atoms with E-state index in [0.717, 1.165) is 16.7 Å². The van der Waals surface area contributed by atoms with Gasteiger partial charge in [-0.05, 0) is 67.7 Å². The van der Waals surface area contributed by atoms with Crippen molar-refractivity contribution in [3.63, 3.8) is 0 Å². The number of aliphatic hydroxyl groups is 3. The second-order valence-corrected chi connectivity index (χ2v) is 10.7. The third kappa shape index (κ3) is 3.90. The van der Waals surface area contributed by atoms with Crippen LogP contribution in [-0.4, -0.2) is 69.6 Å². The number of amides is 1. The molecule has 0 aromatic heterocycles. The van der Waals surface area contributed by atoms with E-state index in [4.69, 9.17) is 10.5 Å². The fraction of sp³-hybridized carbons (Fsp3) is 0.345. The van der Waals surface area contributed by atoms with Gasteiger partial charge in [0.25, 0.3) is 5.91 Å². The number of hydrogen-bond acceptors (Lipinski definition) is 9. The zero-order valence-corrected chi connectivity index (χ0v) is 21.8. The van der Waals surface area contributed by atoms with Crippen molar-refractivity contribution in [1.82, 2.24) is 4.90 Å². The number of phenols is 1. The number of primary amides is 1. The lowest BCUT2D eigenvalue weighted by Gasteiger charge is -2.46. The molecule has 39 heavy (non-hydrogen) atoms. The van der Waals surface area contributed by atoms with Crippen molar-refractivity contribution >= 4 is 23.2 Å². The van der Waals surface area contributed by atoms with E-state index in [1.807, 2.05) is 37.2 Å². The van der Waals surface area contributed by atoms with Crippen LogP contribution in [0.5, 0.6) is 11.5 Å². The quantitative estimate of drug-likeness (QED) is 0.361. The molecular weight excluding hydrogens is 504 g/mol. The van der Waals surface area contributed by atoms with Crippen LogP contribution >= 0.6 is 0 Å². The standard InChI is InChI=1S/C29H30N2O8/c1-31(2)12-15-8-13(4-7-21(15)39-3)17-5-6-19(32)23-18(17)10-14-9-16-11-20(33)24(28(30)37)27(36)29(16,38)26(35)22(14)25(23)34/h4-8,14,16,32,34,36,38H,9-12H2,1-3H3,(H2,30,37)/t14-,16+,29+/m1/s1. The molecule has 10 nitrogen and oxygen atoms in total. The monoisotopic (exact) mass is 534 g/mol. The molecular formula is C29H30N2O8. The number of ketones is 2. The Hall–Kier alpha value is -4.15. The van der Waals surface area contributed by atoms with Crippen LogP contribution in [-0.2, 0) is 27.3 Å². The highest BCUT2D eigenvalue weighted by molar-refractivity contribution is 6.22. The summed E-state index contributed by atoms with van der Waals surface area (Å²) >= 11 is 0. The van der Waals surface area contributed by atoms with Gasteiger partial charge in [0, 0.05) is 30.0 Å². The molecule has 1 saturated carbocycles. The van der Waals surface area contributed by atoms with Crippen molar-refractivity contribution in [2.24, 2.45) is 17.6 Å². The van der Waals surface area contributed by atoms with Crippen LogP contribution < -0.4 is 10.5 Å². The summed E-state index contributed by atoms with van der Waals surface area (Å²) in [4.78, 5) is 40.1. The number of carbonyl (C=O) groups is 3. The van der Waals surface area contributed by atoms with E-state index in [2.05, 4.69) is 0 Å². The van der Waals surface area contributed by atoms with E-state index >= 15 is 0 Å². The fourth-order valence-electron chi connectivity index (χ4n) is 6.30. The van der Waals surface area contributed by atoms with Gasteiger partial charge in [-0.15, -0.1) is 0 Å². The van der Waals surface area contributed by atoms with Crippen LogP contribution in [0, 0.1) is 11.8 Å². The minimum absolute atomic E-state index is 0.0598.